The molecule has 0 unspecified atom stereocenters. The van der Waals surface area contributed by atoms with Crippen molar-refractivity contribution in [3.63, 3.8) is 0 Å². The molecule has 3 nitrogen and oxygen atoms in total. The van der Waals surface area contributed by atoms with Gasteiger partial charge in [0.15, 0.2) is 0 Å². The van der Waals surface area contributed by atoms with Crippen LogP contribution in [0.15, 0.2) is 18.2 Å². The fourth-order valence-corrected chi connectivity index (χ4v) is 1.61. The minimum atomic E-state index is -0.943. The van der Waals surface area contributed by atoms with Gasteiger partial charge >= 0.3 is 5.97 Å². The van der Waals surface area contributed by atoms with E-state index in [9.17, 15) is 4.79 Å². The second-order valence-corrected chi connectivity index (χ2v) is 3.61. The number of benzene rings is 1. The second-order valence-electron chi connectivity index (χ2n) is 2.45. The van der Waals surface area contributed by atoms with Gasteiger partial charge < -0.3 is 5.11 Å². The predicted molar refractivity (Wildman–Crippen MR) is 55.4 cm³/mol. The molecule has 66 valence electrons. The van der Waals surface area contributed by atoms with Gasteiger partial charge in [0.25, 0.3) is 0 Å². The summed E-state index contributed by atoms with van der Waals surface area (Å²) in [6, 6.07) is 6.77. The minimum absolute atomic E-state index is 0.256. The Hall–Kier alpha value is -1.09. The van der Waals surface area contributed by atoms with E-state index in [2.05, 4.69) is 0 Å². The van der Waals surface area contributed by atoms with Crippen molar-refractivity contribution in [3.8, 4) is 6.07 Å². The molecule has 0 aromatic heterocycles. The lowest BCUT2D eigenvalue weighted by Gasteiger charge is -2.00. The van der Waals surface area contributed by atoms with E-state index in [0.717, 1.165) is 9.13 Å². The van der Waals surface area contributed by atoms with Gasteiger partial charge in [-0.05, 0) is 40.3 Å². The molecule has 4 heteroatoms. The molecule has 0 atom stereocenters. The molecule has 0 aliphatic heterocycles. The highest BCUT2D eigenvalue weighted by Gasteiger charge is 2.05. The molecule has 0 spiro atoms. The van der Waals surface area contributed by atoms with E-state index in [-0.39, 0.29) is 5.56 Å². The first-order valence-electron chi connectivity index (χ1n) is 3.54. The number of carboxylic acid groups (broad SMARTS) is 1. The van der Waals surface area contributed by atoms with Gasteiger partial charge in [-0.1, -0.05) is 6.07 Å². The fourth-order valence-electron chi connectivity index (χ4n) is 0.909. The normalized spacial score (nSPS) is 9.23. The Morgan fingerprint density at radius 1 is 1.62 bits per heavy atom. The van der Waals surface area contributed by atoms with Gasteiger partial charge in [-0.25, -0.2) is 4.79 Å². The van der Waals surface area contributed by atoms with Gasteiger partial charge in [-0.15, -0.1) is 0 Å². The summed E-state index contributed by atoms with van der Waals surface area (Å²) in [7, 11) is 0. The molecule has 0 radical (unpaired) electrons. The Bertz CT molecular complexity index is 382. The van der Waals surface area contributed by atoms with Gasteiger partial charge in [0.2, 0.25) is 0 Å². The second kappa shape index (κ2) is 4.23. The van der Waals surface area contributed by atoms with Crippen LogP contribution in [0.2, 0.25) is 0 Å². The topological polar surface area (TPSA) is 61.1 Å². The number of carbonyl (C=O) groups is 1. The van der Waals surface area contributed by atoms with Crippen molar-refractivity contribution in [2.24, 2.45) is 0 Å². The molecule has 0 aliphatic carbocycles. The first-order chi connectivity index (χ1) is 6.15. The average molecular weight is 287 g/mol. The third-order valence-corrected chi connectivity index (χ3v) is 2.57. The van der Waals surface area contributed by atoms with E-state index >= 15 is 0 Å². The van der Waals surface area contributed by atoms with Crippen molar-refractivity contribution >= 4 is 28.6 Å². The van der Waals surface area contributed by atoms with Crippen LogP contribution in [0.25, 0.3) is 0 Å². The lowest BCUT2D eigenvalue weighted by Crippen LogP contribution is -1.98. The standard InChI is InChI=1S/C9H6INO2/c10-8-5-7(9(12)13)2-1-6(8)3-4-11/h1-2,5H,3H2,(H,12,13). The SMILES string of the molecule is N#CCc1ccc(C(=O)O)cc1I. The van der Waals surface area contributed by atoms with E-state index in [1.54, 1.807) is 12.1 Å². The van der Waals surface area contributed by atoms with Gasteiger partial charge in [-0.2, -0.15) is 5.26 Å². The van der Waals surface area contributed by atoms with Crippen LogP contribution in [0.5, 0.6) is 0 Å². The molecule has 0 saturated heterocycles. The lowest BCUT2D eigenvalue weighted by atomic mass is 10.1. The monoisotopic (exact) mass is 287 g/mol. The van der Waals surface area contributed by atoms with Crippen LogP contribution in [0.4, 0.5) is 0 Å². The zero-order valence-electron chi connectivity index (χ0n) is 6.62. The number of nitriles is 1. The Kier molecular flexibility index (Phi) is 3.25. The molecule has 1 N–H and O–H groups in total. The highest BCUT2D eigenvalue weighted by Crippen LogP contribution is 2.14. The maximum absolute atomic E-state index is 10.6. The molecular formula is C9H6INO2. The smallest absolute Gasteiger partial charge is 0.335 e. The molecule has 0 fully saturated rings. The lowest BCUT2D eigenvalue weighted by molar-refractivity contribution is 0.0697. The van der Waals surface area contributed by atoms with Crippen molar-refractivity contribution in [1.29, 1.82) is 5.26 Å². The van der Waals surface area contributed by atoms with Crippen LogP contribution in [0.1, 0.15) is 15.9 Å². The maximum atomic E-state index is 10.6. The zero-order chi connectivity index (χ0) is 9.84. The van der Waals surface area contributed by atoms with Gasteiger partial charge in [0, 0.05) is 3.57 Å². The summed E-state index contributed by atoms with van der Waals surface area (Å²) >= 11 is 2.03. The van der Waals surface area contributed by atoms with Crippen LogP contribution in [0.3, 0.4) is 0 Å². The molecule has 1 aromatic carbocycles. The van der Waals surface area contributed by atoms with Crippen LogP contribution < -0.4 is 0 Å². The number of hydrogen-bond acceptors (Lipinski definition) is 2. The summed E-state index contributed by atoms with van der Waals surface area (Å²) in [5.74, 6) is -0.943. The number of carboxylic acids is 1. The van der Waals surface area contributed by atoms with Crippen molar-refractivity contribution in [2.45, 2.75) is 6.42 Å². The molecule has 1 rings (SSSR count). The maximum Gasteiger partial charge on any atom is 0.335 e. The van der Waals surface area contributed by atoms with Crippen LogP contribution in [-0.2, 0) is 6.42 Å². The van der Waals surface area contributed by atoms with E-state index in [1.165, 1.54) is 6.07 Å². The summed E-state index contributed by atoms with van der Waals surface area (Å²) in [5.41, 5.74) is 1.12. The number of halogens is 1. The van der Waals surface area contributed by atoms with Crippen molar-refractivity contribution < 1.29 is 9.90 Å². The quantitative estimate of drug-likeness (QED) is 0.847. The number of hydrogen-bond donors (Lipinski definition) is 1. The number of aromatic carboxylic acids is 1. The van der Waals surface area contributed by atoms with Crippen molar-refractivity contribution in [2.75, 3.05) is 0 Å². The molecule has 13 heavy (non-hydrogen) atoms. The summed E-state index contributed by atoms with van der Waals surface area (Å²) in [6.07, 6.45) is 0.318. The van der Waals surface area contributed by atoms with E-state index in [0.29, 0.717) is 6.42 Å². The van der Waals surface area contributed by atoms with E-state index < -0.39 is 5.97 Å². The number of rotatable bonds is 2. The van der Waals surface area contributed by atoms with E-state index in [4.69, 9.17) is 10.4 Å². The van der Waals surface area contributed by atoms with Gasteiger partial charge in [-0.3, -0.25) is 0 Å². The van der Waals surface area contributed by atoms with Gasteiger partial charge in [0.1, 0.15) is 0 Å². The fraction of sp³-hybridized carbons (Fsp3) is 0.111. The Labute approximate surface area is 89.1 Å². The first-order valence-corrected chi connectivity index (χ1v) is 4.61. The predicted octanol–water partition coefficient (Wildman–Crippen LogP) is 2.06. The largest absolute Gasteiger partial charge is 0.478 e. The molecule has 0 saturated carbocycles. The van der Waals surface area contributed by atoms with Crippen molar-refractivity contribution in [1.82, 2.24) is 0 Å². The van der Waals surface area contributed by atoms with Gasteiger partial charge in [0.05, 0.1) is 18.1 Å². The van der Waals surface area contributed by atoms with Crippen LogP contribution in [0, 0.1) is 14.9 Å². The van der Waals surface area contributed by atoms with Crippen LogP contribution in [-0.4, -0.2) is 11.1 Å². The summed E-state index contributed by atoms with van der Waals surface area (Å²) < 4.78 is 0.819. The van der Waals surface area contributed by atoms with Crippen LogP contribution >= 0.6 is 22.6 Å². The summed E-state index contributed by atoms with van der Waals surface area (Å²) in [6.45, 7) is 0. The third kappa shape index (κ3) is 2.42. The minimum Gasteiger partial charge on any atom is -0.478 e. The van der Waals surface area contributed by atoms with E-state index in [1.807, 2.05) is 28.7 Å². The molecule has 1 aromatic rings. The third-order valence-electron chi connectivity index (χ3n) is 1.57. The highest BCUT2D eigenvalue weighted by atomic mass is 127. The zero-order valence-corrected chi connectivity index (χ0v) is 8.78. The Morgan fingerprint density at radius 3 is 2.77 bits per heavy atom. The molecular weight excluding hydrogens is 281 g/mol. The molecule has 0 bridgehead atoms. The summed E-state index contributed by atoms with van der Waals surface area (Å²) in [5, 5.41) is 17.1. The highest BCUT2D eigenvalue weighted by molar-refractivity contribution is 14.1. The molecule has 0 aliphatic rings. The van der Waals surface area contributed by atoms with Crippen molar-refractivity contribution in [3.05, 3.63) is 32.9 Å². The Morgan fingerprint density at radius 2 is 2.31 bits per heavy atom. The first kappa shape index (κ1) is 9.99. The average Bonchev–Trinajstić information content (AvgIpc) is 2.08. The Balaban J connectivity index is 3.07. The molecule has 0 amide bonds. The number of nitrogens with zero attached hydrogens (tertiary/aromatic N) is 1. The molecule has 0 heterocycles. The summed E-state index contributed by atoms with van der Waals surface area (Å²) in [4.78, 5) is 10.6.